The van der Waals surface area contributed by atoms with Gasteiger partial charge in [-0.2, -0.15) is 13.7 Å². The molecule has 0 aliphatic rings. The molecular formula is C17H9FN2O5S2. The zero-order chi connectivity index (χ0) is 19.6. The van der Waals surface area contributed by atoms with Gasteiger partial charge in [0.25, 0.3) is 5.69 Å². The van der Waals surface area contributed by atoms with Gasteiger partial charge in [-0.1, -0.05) is 6.07 Å². The van der Waals surface area contributed by atoms with E-state index in [2.05, 4.69) is 0 Å². The Kier molecular flexibility index (Phi) is 4.89. The van der Waals surface area contributed by atoms with Crippen LogP contribution >= 0.6 is 11.3 Å². The molecule has 136 valence electrons. The lowest BCUT2D eigenvalue weighted by molar-refractivity contribution is -0.384. The van der Waals surface area contributed by atoms with Crippen LogP contribution in [0.15, 0.2) is 58.8 Å². The zero-order valence-electron chi connectivity index (χ0n) is 13.3. The van der Waals surface area contributed by atoms with Gasteiger partial charge in [0.05, 0.1) is 10.5 Å². The molecule has 0 amide bonds. The van der Waals surface area contributed by atoms with Crippen molar-refractivity contribution >= 4 is 27.1 Å². The van der Waals surface area contributed by atoms with E-state index >= 15 is 0 Å². The van der Waals surface area contributed by atoms with Crippen LogP contribution in [0.1, 0.15) is 5.56 Å². The van der Waals surface area contributed by atoms with Crippen LogP contribution in [0.2, 0.25) is 0 Å². The number of benzene rings is 2. The lowest BCUT2D eigenvalue weighted by Gasteiger charge is -2.11. The molecule has 0 atom stereocenters. The van der Waals surface area contributed by atoms with Crippen molar-refractivity contribution < 1.29 is 21.9 Å². The predicted molar refractivity (Wildman–Crippen MR) is 95.3 cm³/mol. The van der Waals surface area contributed by atoms with Crippen LogP contribution in [0.25, 0.3) is 10.4 Å². The number of nitro groups is 1. The lowest BCUT2D eigenvalue weighted by Crippen LogP contribution is -2.11. The summed E-state index contributed by atoms with van der Waals surface area (Å²) < 4.78 is 43.7. The molecule has 10 heteroatoms. The highest BCUT2D eigenvalue weighted by atomic mass is 32.2. The van der Waals surface area contributed by atoms with Gasteiger partial charge < -0.3 is 4.18 Å². The molecule has 0 unspecified atom stereocenters. The van der Waals surface area contributed by atoms with E-state index in [1.54, 1.807) is 23.6 Å². The maximum Gasteiger partial charge on any atom is 0.339 e. The highest BCUT2D eigenvalue weighted by molar-refractivity contribution is 7.87. The Morgan fingerprint density at radius 2 is 1.96 bits per heavy atom. The first-order valence-electron chi connectivity index (χ1n) is 7.28. The van der Waals surface area contributed by atoms with E-state index in [0.717, 1.165) is 24.3 Å². The van der Waals surface area contributed by atoms with Crippen LogP contribution in [-0.2, 0) is 10.1 Å². The minimum atomic E-state index is -4.39. The van der Waals surface area contributed by atoms with Crippen LogP contribution in [0.4, 0.5) is 10.1 Å². The molecule has 0 saturated carbocycles. The molecule has 0 aliphatic carbocycles. The Hall–Kier alpha value is -3.29. The number of nitro benzene ring substituents is 1. The van der Waals surface area contributed by atoms with Crippen LogP contribution in [0.3, 0.4) is 0 Å². The van der Waals surface area contributed by atoms with E-state index in [-0.39, 0.29) is 17.0 Å². The van der Waals surface area contributed by atoms with E-state index in [1.165, 1.54) is 23.5 Å². The van der Waals surface area contributed by atoms with Gasteiger partial charge in [0.1, 0.15) is 16.8 Å². The summed E-state index contributed by atoms with van der Waals surface area (Å²) >= 11 is 1.25. The summed E-state index contributed by atoms with van der Waals surface area (Å²) in [5.41, 5.74) is -0.441. The van der Waals surface area contributed by atoms with Crippen molar-refractivity contribution in [3.8, 4) is 22.3 Å². The van der Waals surface area contributed by atoms with E-state index in [1.807, 2.05) is 0 Å². The van der Waals surface area contributed by atoms with Crippen molar-refractivity contribution in [2.45, 2.75) is 4.90 Å². The minimum absolute atomic E-state index is 0.120. The second-order valence-corrected chi connectivity index (χ2v) is 7.70. The maximum absolute atomic E-state index is 13.4. The second kappa shape index (κ2) is 7.14. The first kappa shape index (κ1) is 18.5. The highest BCUT2D eigenvalue weighted by Gasteiger charge is 2.22. The monoisotopic (exact) mass is 404 g/mol. The second-order valence-electron chi connectivity index (χ2n) is 5.21. The Labute approximate surface area is 157 Å². The highest BCUT2D eigenvalue weighted by Crippen LogP contribution is 2.37. The first-order valence-corrected chi connectivity index (χ1v) is 9.57. The largest absolute Gasteiger partial charge is 0.378 e. The summed E-state index contributed by atoms with van der Waals surface area (Å²) in [6.45, 7) is 0. The molecule has 2 aromatic carbocycles. The van der Waals surface area contributed by atoms with Gasteiger partial charge in [-0.15, -0.1) is 11.3 Å². The van der Waals surface area contributed by atoms with Gasteiger partial charge in [-0.05, 0) is 35.7 Å². The fourth-order valence-corrected chi connectivity index (χ4v) is 3.96. The average molecular weight is 404 g/mol. The molecular weight excluding hydrogens is 395 g/mol. The molecule has 0 spiro atoms. The average Bonchev–Trinajstić information content (AvgIpc) is 3.16. The molecule has 0 N–H and O–H groups in total. The van der Waals surface area contributed by atoms with Crippen molar-refractivity contribution in [2.75, 3.05) is 0 Å². The summed E-state index contributed by atoms with van der Waals surface area (Å²) in [6, 6.07) is 11.1. The lowest BCUT2D eigenvalue weighted by atomic mass is 10.1. The number of hydrogen-bond acceptors (Lipinski definition) is 7. The Bertz CT molecular complexity index is 1170. The van der Waals surface area contributed by atoms with E-state index < -0.39 is 31.3 Å². The quantitative estimate of drug-likeness (QED) is 0.360. The Balaban J connectivity index is 2.07. The van der Waals surface area contributed by atoms with Gasteiger partial charge in [-0.3, -0.25) is 10.1 Å². The van der Waals surface area contributed by atoms with Crippen LogP contribution in [0.5, 0.6) is 5.75 Å². The molecule has 0 saturated heterocycles. The van der Waals surface area contributed by atoms with Crippen LogP contribution < -0.4 is 4.18 Å². The van der Waals surface area contributed by atoms with Gasteiger partial charge >= 0.3 is 10.1 Å². The van der Waals surface area contributed by atoms with Gasteiger partial charge in [-0.25, -0.2) is 4.39 Å². The van der Waals surface area contributed by atoms with Gasteiger partial charge in [0, 0.05) is 22.6 Å². The Morgan fingerprint density at radius 3 is 2.59 bits per heavy atom. The molecule has 0 fully saturated rings. The SMILES string of the molecule is N#Cc1cc(S(=O)(=O)Oc2ccc([N+](=O)[O-])cc2-c2cccs2)ccc1F. The number of nitriles is 1. The van der Waals surface area contributed by atoms with Gasteiger partial charge in [0.15, 0.2) is 5.75 Å². The van der Waals surface area contributed by atoms with Crippen molar-refractivity contribution in [3.63, 3.8) is 0 Å². The first-order chi connectivity index (χ1) is 12.8. The summed E-state index contributed by atoms with van der Waals surface area (Å²) in [6.07, 6.45) is 0. The molecule has 1 aromatic heterocycles. The normalized spacial score (nSPS) is 11.0. The number of rotatable bonds is 5. The maximum atomic E-state index is 13.4. The standard InChI is InChI=1S/C17H9FN2O5S2/c18-15-5-4-13(8-11(15)10-19)27(23,24)25-16-6-3-12(20(21)22)9-14(16)17-2-1-7-26-17/h1-9H. The summed E-state index contributed by atoms with van der Waals surface area (Å²) in [4.78, 5) is 10.6. The Morgan fingerprint density at radius 1 is 1.19 bits per heavy atom. The number of thiophene rings is 1. The summed E-state index contributed by atoms with van der Waals surface area (Å²) in [5.74, 6) is -0.975. The predicted octanol–water partition coefficient (Wildman–Crippen LogP) is 4.10. The molecule has 7 nitrogen and oxygen atoms in total. The van der Waals surface area contributed by atoms with E-state index in [0.29, 0.717) is 4.88 Å². The fourth-order valence-electron chi connectivity index (χ4n) is 2.24. The number of hydrogen-bond donors (Lipinski definition) is 0. The summed E-state index contributed by atoms with van der Waals surface area (Å²) in [7, 11) is -4.39. The third-order valence-corrected chi connectivity index (χ3v) is 5.64. The third-order valence-electron chi connectivity index (χ3n) is 3.51. The molecule has 3 aromatic rings. The topological polar surface area (TPSA) is 110 Å². The molecule has 27 heavy (non-hydrogen) atoms. The molecule has 0 bridgehead atoms. The van der Waals surface area contributed by atoms with Gasteiger partial charge in [0.2, 0.25) is 0 Å². The number of halogens is 1. The smallest absolute Gasteiger partial charge is 0.339 e. The summed E-state index contributed by atoms with van der Waals surface area (Å²) in [5, 5.41) is 21.6. The van der Waals surface area contributed by atoms with Crippen molar-refractivity contribution in [3.05, 3.63) is 75.4 Å². The van der Waals surface area contributed by atoms with Crippen molar-refractivity contribution in [2.24, 2.45) is 0 Å². The van der Waals surface area contributed by atoms with Crippen LogP contribution in [-0.4, -0.2) is 13.3 Å². The molecule has 0 aliphatic heterocycles. The molecule has 3 rings (SSSR count). The van der Waals surface area contributed by atoms with Crippen molar-refractivity contribution in [1.82, 2.24) is 0 Å². The molecule has 0 radical (unpaired) electrons. The molecule has 1 heterocycles. The van der Waals surface area contributed by atoms with E-state index in [4.69, 9.17) is 9.44 Å². The van der Waals surface area contributed by atoms with Crippen molar-refractivity contribution in [1.29, 1.82) is 5.26 Å². The number of non-ortho nitro benzene ring substituents is 1. The van der Waals surface area contributed by atoms with Crippen LogP contribution in [0, 0.1) is 27.3 Å². The minimum Gasteiger partial charge on any atom is -0.378 e. The zero-order valence-corrected chi connectivity index (χ0v) is 15.0. The fraction of sp³-hybridized carbons (Fsp3) is 0. The van der Waals surface area contributed by atoms with E-state index in [9.17, 15) is 22.9 Å². The number of nitrogens with zero attached hydrogens (tertiary/aromatic N) is 2. The third kappa shape index (κ3) is 3.79.